The average molecular weight is 579 g/mol. The normalized spacial score (nSPS) is 11.2. The summed E-state index contributed by atoms with van der Waals surface area (Å²) < 4.78 is 39.1. The first-order chi connectivity index (χ1) is 20.4. The molecule has 0 bridgehead atoms. The van der Waals surface area contributed by atoms with E-state index in [2.05, 4.69) is 17.9 Å². The minimum atomic E-state index is -1.15. The highest BCUT2D eigenvalue weighted by molar-refractivity contribution is 5.85. The van der Waals surface area contributed by atoms with Crippen molar-refractivity contribution in [3.05, 3.63) is 103 Å². The van der Waals surface area contributed by atoms with Crippen LogP contribution in [0.25, 0.3) is 11.1 Å². The Morgan fingerprint density at radius 1 is 0.714 bits per heavy atom. The van der Waals surface area contributed by atoms with Crippen LogP contribution >= 0.6 is 0 Å². The molecule has 1 atom stereocenters. The number of ether oxygens (including phenoxy) is 5. The largest absolute Gasteiger partial charge is 0.494 e. The number of hydrogen-bond donors (Lipinski definition) is 1. The van der Waals surface area contributed by atoms with Crippen molar-refractivity contribution in [2.24, 2.45) is 0 Å². The lowest BCUT2D eigenvalue weighted by Gasteiger charge is -2.15. The van der Waals surface area contributed by atoms with Gasteiger partial charge in [-0.1, -0.05) is 37.4 Å². The van der Waals surface area contributed by atoms with Crippen LogP contribution in [0.1, 0.15) is 37.5 Å². The zero-order valence-corrected chi connectivity index (χ0v) is 23.3. The Labute approximate surface area is 244 Å². The number of halogens is 1. The second kappa shape index (κ2) is 17.2. The minimum absolute atomic E-state index is 0.0850. The van der Waals surface area contributed by atoms with Crippen molar-refractivity contribution in [1.29, 1.82) is 0 Å². The second-order valence-corrected chi connectivity index (χ2v) is 9.11. The molecule has 0 aliphatic rings. The summed E-state index contributed by atoms with van der Waals surface area (Å²) in [5.74, 6) is -0.845. The Bertz CT molecular complexity index is 1290. The Morgan fingerprint density at radius 2 is 1.24 bits per heavy atom. The van der Waals surface area contributed by atoms with Crippen LogP contribution in [-0.2, 0) is 19.1 Å². The molecule has 3 rings (SSSR count). The predicted molar refractivity (Wildman–Crippen MR) is 156 cm³/mol. The highest BCUT2D eigenvalue weighted by Crippen LogP contribution is 2.27. The van der Waals surface area contributed by atoms with Gasteiger partial charge in [-0.05, 0) is 85.3 Å². The molecule has 0 aliphatic heterocycles. The Morgan fingerprint density at radius 3 is 1.81 bits per heavy atom. The molecule has 0 radical (unpaired) electrons. The first-order valence-corrected chi connectivity index (χ1v) is 13.6. The zero-order valence-electron chi connectivity index (χ0n) is 23.3. The van der Waals surface area contributed by atoms with E-state index in [1.807, 2.05) is 24.3 Å². The maximum atomic E-state index is 12.6. The summed E-state index contributed by atoms with van der Waals surface area (Å²) in [7, 11) is 0. The molecule has 3 aromatic rings. The maximum Gasteiger partial charge on any atom is 0.366 e. The second-order valence-electron chi connectivity index (χ2n) is 9.11. The maximum absolute atomic E-state index is 12.6. The van der Waals surface area contributed by atoms with Gasteiger partial charge in [0.15, 0.2) is 0 Å². The molecular weight excluding hydrogens is 543 g/mol. The van der Waals surface area contributed by atoms with Gasteiger partial charge < -0.3 is 28.8 Å². The van der Waals surface area contributed by atoms with Gasteiger partial charge >= 0.3 is 11.9 Å². The van der Waals surface area contributed by atoms with Gasteiger partial charge in [-0.15, -0.1) is 0 Å². The van der Waals surface area contributed by atoms with E-state index < -0.39 is 24.1 Å². The van der Waals surface area contributed by atoms with E-state index in [-0.39, 0.29) is 13.2 Å². The molecule has 0 heterocycles. The first kappa shape index (κ1) is 31.9. The van der Waals surface area contributed by atoms with Crippen LogP contribution in [0.4, 0.5) is 4.39 Å². The number of aliphatic hydroxyl groups excluding tert-OH is 1. The first-order valence-electron chi connectivity index (χ1n) is 13.6. The lowest BCUT2D eigenvalue weighted by molar-refractivity contribution is -0.141. The number of aliphatic hydroxyl groups is 1. The van der Waals surface area contributed by atoms with Gasteiger partial charge in [0.25, 0.3) is 0 Å². The Hall–Kier alpha value is -4.63. The van der Waals surface area contributed by atoms with E-state index in [4.69, 9.17) is 18.9 Å². The van der Waals surface area contributed by atoms with Crippen LogP contribution < -0.4 is 14.2 Å². The molecule has 0 aromatic heterocycles. The standard InChI is InChI=1S/C33H35FO8/c1-3-31(35)40-21-7-5-4-6-20-38-28-16-12-27(13-17-28)33(37)42-30-18-10-26(11-19-30)25-8-14-29(15-9-25)39-22-23-41-32(36)24(2)34/h3,8-19,33,37H,1-2,4-7,20-23H2. The molecule has 0 spiro atoms. The lowest BCUT2D eigenvalue weighted by Crippen LogP contribution is -2.12. The molecule has 1 unspecified atom stereocenters. The summed E-state index contributed by atoms with van der Waals surface area (Å²) in [6.45, 7) is 7.20. The third-order valence-electron chi connectivity index (χ3n) is 5.98. The summed E-state index contributed by atoms with van der Waals surface area (Å²) in [6, 6.07) is 21.7. The number of carbonyl (C=O) groups excluding carboxylic acids is 2. The van der Waals surface area contributed by atoms with E-state index in [1.165, 1.54) is 0 Å². The fourth-order valence-corrected chi connectivity index (χ4v) is 3.75. The fraction of sp³-hybridized carbons (Fsp3) is 0.273. The number of hydrogen-bond acceptors (Lipinski definition) is 8. The van der Waals surface area contributed by atoms with Crippen molar-refractivity contribution < 1.29 is 42.8 Å². The van der Waals surface area contributed by atoms with E-state index in [0.29, 0.717) is 36.0 Å². The molecule has 3 aromatic carbocycles. The quantitative estimate of drug-likeness (QED) is 0.0791. The van der Waals surface area contributed by atoms with Crippen LogP contribution in [0.3, 0.4) is 0 Å². The van der Waals surface area contributed by atoms with Crippen molar-refractivity contribution in [3.63, 3.8) is 0 Å². The monoisotopic (exact) mass is 578 g/mol. The van der Waals surface area contributed by atoms with Crippen molar-refractivity contribution in [2.45, 2.75) is 32.0 Å². The van der Waals surface area contributed by atoms with Gasteiger partial charge in [-0.3, -0.25) is 0 Å². The molecule has 0 saturated carbocycles. The van der Waals surface area contributed by atoms with Gasteiger partial charge in [-0.2, -0.15) is 4.39 Å². The van der Waals surface area contributed by atoms with Gasteiger partial charge in [0.05, 0.1) is 13.2 Å². The van der Waals surface area contributed by atoms with Crippen LogP contribution in [-0.4, -0.2) is 43.5 Å². The summed E-state index contributed by atoms with van der Waals surface area (Å²) >= 11 is 0. The lowest BCUT2D eigenvalue weighted by atomic mass is 10.1. The highest BCUT2D eigenvalue weighted by Gasteiger charge is 2.10. The Kier molecular flexibility index (Phi) is 13.1. The molecule has 0 saturated heterocycles. The SMILES string of the molecule is C=CC(=O)OCCCCCCOc1ccc(C(O)Oc2ccc(-c3ccc(OCCOC(=O)C(=C)F)cc3)cc2)cc1. The molecule has 0 amide bonds. The van der Waals surface area contributed by atoms with Gasteiger partial charge in [0.1, 0.15) is 30.5 Å². The van der Waals surface area contributed by atoms with Crippen molar-refractivity contribution in [2.75, 3.05) is 26.4 Å². The Balaban J connectivity index is 1.37. The zero-order chi connectivity index (χ0) is 30.2. The van der Waals surface area contributed by atoms with Gasteiger partial charge in [0, 0.05) is 11.6 Å². The van der Waals surface area contributed by atoms with E-state index in [1.54, 1.807) is 48.5 Å². The third-order valence-corrected chi connectivity index (χ3v) is 5.98. The predicted octanol–water partition coefficient (Wildman–Crippen LogP) is 6.50. The summed E-state index contributed by atoms with van der Waals surface area (Å²) in [5, 5.41) is 10.5. The van der Waals surface area contributed by atoms with Crippen molar-refractivity contribution >= 4 is 11.9 Å². The van der Waals surface area contributed by atoms with Gasteiger partial charge in [-0.25, -0.2) is 9.59 Å². The average Bonchev–Trinajstić information content (AvgIpc) is 3.01. The molecule has 222 valence electrons. The van der Waals surface area contributed by atoms with E-state index >= 15 is 0 Å². The number of benzene rings is 3. The smallest absolute Gasteiger partial charge is 0.366 e. The minimum Gasteiger partial charge on any atom is -0.494 e. The topological polar surface area (TPSA) is 101 Å². The number of rotatable bonds is 18. The number of carbonyl (C=O) groups is 2. The number of esters is 2. The van der Waals surface area contributed by atoms with Crippen LogP contribution in [0.15, 0.2) is 97.9 Å². The summed E-state index contributed by atoms with van der Waals surface area (Å²) in [4.78, 5) is 22.0. The summed E-state index contributed by atoms with van der Waals surface area (Å²) in [5.41, 5.74) is 2.48. The fourth-order valence-electron chi connectivity index (χ4n) is 3.75. The van der Waals surface area contributed by atoms with Crippen LogP contribution in [0.5, 0.6) is 17.2 Å². The number of unbranched alkanes of at least 4 members (excludes halogenated alkanes) is 3. The molecule has 9 heteroatoms. The van der Waals surface area contributed by atoms with Gasteiger partial charge in [0.2, 0.25) is 12.1 Å². The molecule has 8 nitrogen and oxygen atoms in total. The van der Waals surface area contributed by atoms with Crippen molar-refractivity contribution in [1.82, 2.24) is 0 Å². The van der Waals surface area contributed by atoms with E-state index in [9.17, 15) is 19.1 Å². The van der Waals surface area contributed by atoms with E-state index in [0.717, 1.165) is 42.9 Å². The van der Waals surface area contributed by atoms with Crippen molar-refractivity contribution in [3.8, 4) is 28.4 Å². The third kappa shape index (κ3) is 11.1. The van der Waals surface area contributed by atoms with Crippen LogP contribution in [0, 0.1) is 0 Å². The molecule has 1 N–H and O–H groups in total. The molecular formula is C33H35FO8. The molecule has 42 heavy (non-hydrogen) atoms. The van der Waals surface area contributed by atoms with Crippen LogP contribution in [0.2, 0.25) is 0 Å². The molecule has 0 aliphatic carbocycles. The summed E-state index contributed by atoms with van der Waals surface area (Å²) in [6.07, 6.45) is 3.62. The molecule has 0 fully saturated rings. The highest BCUT2D eigenvalue weighted by atomic mass is 19.1.